The molecule has 4 heteroatoms. The van der Waals surface area contributed by atoms with Crippen molar-refractivity contribution in [2.24, 2.45) is 0 Å². The summed E-state index contributed by atoms with van der Waals surface area (Å²) in [5.74, 6) is -0.399. The summed E-state index contributed by atoms with van der Waals surface area (Å²) in [7, 11) is 2.09. The Morgan fingerprint density at radius 2 is 1.83 bits per heavy atom. The first-order valence-electron chi connectivity index (χ1n) is 9.71. The third kappa shape index (κ3) is 3.95. The van der Waals surface area contributed by atoms with Crippen molar-refractivity contribution in [1.29, 1.82) is 5.26 Å². The standard InChI is InChI=1S/C25H27N3O/c1-16-9-7-8-10-22(16)27-24(29)20(15-26)12-19-13-21-18(3)14-25(4,5)28(6)23(21)11-17(19)2/h7-14H,1-6H3,(H,27,29)/b20-12+. The van der Waals surface area contributed by atoms with Gasteiger partial charge in [-0.05, 0) is 81.2 Å². The summed E-state index contributed by atoms with van der Waals surface area (Å²) < 4.78 is 0. The molecule has 0 aliphatic carbocycles. The number of benzene rings is 2. The minimum absolute atomic E-state index is 0.0634. The summed E-state index contributed by atoms with van der Waals surface area (Å²) in [4.78, 5) is 14.9. The van der Waals surface area contributed by atoms with Crippen LogP contribution in [-0.4, -0.2) is 18.5 Å². The van der Waals surface area contributed by atoms with Crippen LogP contribution in [0.5, 0.6) is 0 Å². The van der Waals surface area contributed by atoms with E-state index in [1.807, 2.05) is 38.1 Å². The second-order valence-electron chi connectivity index (χ2n) is 8.20. The molecule has 1 N–H and O–H groups in total. The van der Waals surface area contributed by atoms with Crippen molar-refractivity contribution in [3.63, 3.8) is 0 Å². The molecule has 2 aromatic carbocycles. The van der Waals surface area contributed by atoms with Crippen molar-refractivity contribution in [2.75, 3.05) is 17.3 Å². The summed E-state index contributed by atoms with van der Waals surface area (Å²) in [5.41, 5.74) is 7.07. The average Bonchev–Trinajstić information content (AvgIpc) is 2.66. The highest BCUT2D eigenvalue weighted by Gasteiger charge is 2.28. The zero-order chi connectivity index (χ0) is 21.3. The first kappa shape index (κ1) is 20.4. The monoisotopic (exact) mass is 385 g/mol. The highest BCUT2D eigenvalue weighted by Crippen LogP contribution is 2.39. The number of anilines is 2. The van der Waals surface area contributed by atoms with Crippen LogP contribution < -0.4 is 10.2 Å². The number of carbonyl (C=O) groups excluding carboxylic acids is 1. The summed E-state index contributed by atoms with van der Waals surface area (Å²) in [5, 5.41) is 12.4. The van der Waals surface area contributed by atoms with E-state index in [0.717, 1.165) is 27.9 Å². The molecule has 148 valence electrons. The number of amides is 1. The molecule has 0 unspecified atom stereocenters. The Morgan fingerprint density at radius 1 is 1.14 bits per heavy atom. The topological polar surface area (TPSA) is 56.1 Å². The molecule has 4 nitrogen and oxygen atoms in total. The van der Waals surface area contributed by atoms with E-state index in [2.05, 4.69) is 62.3 Å². The van der Waals surface area contributed by atoms with Gasteiger partial charge < -0.3 is 10.2 Å². The number of hydrogen-bond acceptors (Lipinski definition) is 3. The predicted molar refractivity (Wildman–Crippen MR) is 121 cm³/mol. The van der Waals surface area contributed by atoms with Gasteiger partial charge in [0.05, 0.1) is 5.54 Å². The highest BCUT2D eigenvalue weighted by atomic mass is 16.1. The Kier molecular flexibility index (Phi) is 5.35. The number of likely N-dealkylation sites (N-methyl/N-ethyl adjacent to an activating group) is 1. The maximum Gasteiger partial charge on any atom is 0.266 e. The van der Waals surface area contributed by atoms with Gasteiger partial charge in [0.1, 0.15) is 11.6 Å². The SMILES string of the molecule is CC1=CC(C)(C)N(C)c2cc(C)c(/C=C(\C#N)C(=O)Nc3ccccc3C)cc21. The van der Waals surface area contributed by atoms with Crippen molar-refractivity contribution in [1.82, 2.24) is 0 Å². The number of para-hydroxylation sites is 1. The molecule has 1 heterocycles. The fourth-order valence-electron chi connectivity index (χ4n) is 3.68. The summed E-state index contributed by atoms with van der Waals surface area (Å²) in [6.07, 6.45) is 3.92. The Bertz CT molecular complexity index is 1080. The van der Waals surface area contributed by atoms with Crippen LogP contribution in [0, 0.1) is 25.2 Å². The Hall–Kier alpha value is -3.32. The normalized spacial score (nSPS) is 15.3. The van der Waals surface area contributed by atoms with E-state index in [0.29, 0.717) is 5.69 Å². The van der Waals surface area contributed by atoms with Gasteiger partial charge in [0.25, 0.3) is 5.91 Å². The lowest BCUT2D eigenvalue weighted by Crippen LogP contribution is -2.42. The highest BCUT2D eigenvalue weighted by molar-refractivity contribution is 6.10. The summed E-state index contributed by atoms with van der Waals surface area (Å²) in [6.45, 7) is 10.4. The molecular formula is C25H27N3O. The molecule has 0 bridgehead atoms. The van der Waals surface area contributed by atoms with Gasteiger partial charge in [0.2, 0.25) is 0 Å². The van der Waals surface area contributed by atoms with Crippen LogP contribution in [0.1, 0.15) is 43.0 Å². The smallest absolute Gasteiger partial charge is 0.266 e. The van der Waals surface area contributed by atoms with Gasteiger partial charge in [-0.3, -0.25) is 4.79 Å². The van der Waals surface area contributed by atoms with Gasteiger partial charge in [-0.25, -0.2) is 0 Å². The van der Waals surface area contributed by atoms with Gasteiger partial charge in [-0.2, -0.15) is 5.26 Å². The van der Waals surface area contributed by atoms with Gasteiger partial charge in [-0.15, -0.1) is 0 Å². The van der Waals surface area contributed by atoms with Crippen LogP contribution in [-0.2, 0) is 4.79 Å². The van der Waals surface area contributed by atoms with Gasteiger partial charge in [-0.1, -0.05) is 24.3 Å². The molecule has 3 rings (SSSR count). The number of aryl methyl sites for hydroxylation is 2. The third-order valence-corrected chi connectivity index (χ3v) is 5.66. The fraction of sp³-hybridized carbons (Fsp3) is 0.280. The van der Waals surface area contributed by atoms with E-state index in [9.17, 15) is 10.1 Å². The number of nitriles is 1. The number of allylic oxidation sites excluding steroid dienone is 1. The largest absolute Gasteiger partial charge is 0.365 e. The maximum absolute atomic E-state index is 12.7. The van der Waals surface area contributed by atoms with E-state index < -0.39 is 5.91 Å². The molecule has 0 spiro atoms. The quantitative estimate of drug-likeness (QED) is 0.562. The summed E-state index contributed by atoms with van der Waals surface area (Å²) in [6, 6.07) is 13.8. The number of carbonyl (C=O) groups is 1. The lowest BCUT2D eigenvalue weighted by Gasteiger charge is -2.41. The van der Waals surface area contributed by atoms with E-state index in [-0.39, 0.29) is 11.1 Å². The Morgan fingerprint density at radius 3 is 2.48 bits per heavy atom. The van der Waals surface area contributed by atoms with Crippen molar-refractivity contribution in [2.45, 2.75) is 40.2 Å². The lowest BCUT2D eigenvalue weighted by atomic mass is 9.87. The molecule has 1 aliphatic heterocycles. The molecule has 0 radical (unpaired) electrons. The lowest BCUT2D eigenvalue weighted by molar-refractivity contribution is -0.112. The molecule has 0 atom stereocenters. The Labute approximate surface area is 173 Å². The third-order valence-electron chi connectivity index (χ3n) is 5.66. The first-order chi connectivity index (χ1) is 13.6. The van der Waals surface area contributed by atoms with Crippen molar-refractivity contribution < 1.29 is 4.79 Å². The number of fused-ring (bicyclic) bond motifs is 1. The van der Waals surface area contributed by atoms with Crippen molar-refractivity contribution >= 4 is 28.9 Å². The van der Waals surface area contributed by atoms with Crippen LogP contribution >= 0.6 is 0 Å². The molecular weight excluding hydrogens is 358 g/mol. The minimum atomic E-state index is -0.399. The summed E-state index contributed by atoms with van der Waals surface area (Å²) >= 11 is 0. The average molecular weight is 386 g/mol. The molecule has 0 saturated carbocycles. The van der Waals surface area contributed by atoms with Crippen LogP contribution in [0.2, 0.25) is 0 Å². The zero-order valence-electron chi connectivity index (χ0n) is 17.9. The van der Waals surface area contributed by atoms with E-state index in [1.54, 1.807) is 6.08 Å². The van der Waals surface area contributed by atoms with Crippen LogP contribution in [0.25, 0.3) is 11.6 Å². The Balaban J connectivity index is 1.99. The van der Waals surface area contributed by atoms with Crippen LogP contribution in [0.4, 0.5) is 11.4 Å². The fourth-order valence-corrected chi connectivity index (χ4v) is 3.68. The van der Waals surface area contributed by atoms with Gasteiger partial charge in [0, 0.05) is 24.0 Å². The van der Waals surface area contributed by atoms with Crippen molar-refractivity contribution in [3.05, 3.63) is 70.3 Å². The van der Waals surface area contributed by atoms with Crippen molar-refractivity contribution in [3.8, 4) is 6.07 Å². The number of nitrogens with zero attached hydrogens (tertiary/aromatic N) is 2. The molecule has 0 fully saturated rings. The van der Waals surface area contributed by atoms with Crippen LogP contribution in [0.3, 0.4) is 0 Å². The second kappa shape index (κ2) is 7.60. The molecule has 0 saturated heterocycles. The number of nitrogens with one attached hydrogen (secondary N) is 1. The second-order valence-corrected chi connectivity index (χ2v) is 8.20. The van der Waals surface area contributed by atoms with E-state index in [4.69, 9.17) is 0 Å². The first-order valence-corrected chi connectivity index (χ1v) is 9.71. The number of rotatable bonds is 3. The van der Waals surface area contributed by atoms with E-state index in [1.165, 1.54) is 5.57 Å². The van der Waals surface area contributed by atoms with Crippen LogP contribution in [0.15, 0.2) is 48.0 Å². The van der Waals surface area contributed by atoms with Gasteiger partial charge in [0.15, 0.2) is 0 Å². The van der Waals surface area contributed by atoms with E-state index >= 15 is 0 Å². The maximum atomic E-state index is 12.7. The van der Waals surface area contributed by atoms with Gasteiger partial charge >= 0.3 is 0 Å². The number of hydrogen-bond donors (Lipinski definition) is 1. The zero-order valence-corrected chi connectivity index (χ0v) is 17.9. The molecule has 0 aromatic heterocycles. The minimum Gasteiger partial charge on any atom is -0.365 e. The molecule has 2 aromatic rings. The predicted octanol–water partition coefficient (Wildman–Crippen LogP) is 5.48. The molecule has 1 aliphatic rings. The molecule has 29 heavy (non-hydrogen) atoms. The molecule has 1 amide bonds.